The minimum Gasteiger partial charge on any atom is -0.304 e. The van der Waals surface area contributed by atoms with Crippen molar-refractivity contribution in [2.75, 3.05) is 0 Å². The van der Waals surface area contributed by atoms with Crippen molar-refractivity contribution in [3.8, 4) is 33.6 Å². The molecule has 0 amide bonds. The molecule has 0 N–H and O–H groups in total. The van der Waals surface area contributed by atoms with Gasteiger partial charge in [0.2, 0.25) is 0 Å². The second kappa shape index (κ2) is 12.2. The van der Waals surface area contributed by atoms with Gasteiger partial charge in [-0.25, -0.2) is 0 Å². The number of hydrogen-bond donors (Lipinski definition) is 0. The molecule has 0 aliphatic carbocycles. The maximum Gasteiger partial charge on any atom is 0.0280 e. The fourth-order valence-electron chi connectivity index (χ4n) is 3.41. The predicted octanol–water partition coefficient (Wildman–Crippen LogP) is 7.69. The molecule has 5 aromatic rings. The summed E-state index contributed by atoms with van der Waals surface area (Å²) in [6.07, 6.45) is 3.36. The average molecular weight is 622 g/mol. The van der Waals surface area contributed by atoms with Crippen molar-refractivity contribution in [1.29, 1.82) is 0 Å². The van der Waals surface area contributed by atoms with Crippen LogP contribution in [0.4, 0.5) is 0 Å². The van der Waals surface area contributed by atoms with E-state index in [1.165, 1.54) is 22.9 Å². The molecule has 2 heterocycles. The van der Waals surface area contributed by atoms with Crippen molar-refractivity contribution >= 4 is 0 Å². The quantitative estimate of drug-likeness (QED) is 0.193. The Morgan fingerprint density at radius 2 is 1.21 bits per heavy atom. The van der Waals surface area contributed by atoms with E-state index in [0.717, 1.165) is 28.1 Å². The van der Waals surface area contributed by atoms with Gasteiger partial charge in [-0.15, -0.1) is 71.8 Å². The minimum absolute atomic E-state index is 0. The predicted molar refractivity (Wildman–Crippen MR) is 137 cm³/mol. The second-order valence-electron chi connectivity index (χ2n) is 7.69. The monoisotopic (exact) mass is 622 g/mol. The molecule has 0 aliphatic rings. The molecule has 0 atom stereocenters. The third kappa shape index (κ3) is 6.35. The number of nitrogens with zero attached hydrogens (tertiary/aromatic N) is 2. The molecule has 3 heteroatoms. The average Bonchev–Trinajstić information content (AvgIpc) is 2.90. The number of aryl methyl sites for hydroxylation is 3. The maximum atomic E-state index is 7.37. The SMILES string of the molecule is Cc1cnc(-c2[c-]cccc2)cc1-c1ccccc1.[2H]C([2H])([2H])c1cnc(-c2[c-]cccc2)cc1C.[Ir]. The summed E-state index contributed by atoms with van der Waals surface area (Å²) >= 11 is 0. The number of rotatable bonds is 3. The number of aromatic nitrogens is 2. The van der Waals surface area contributed by atoms with Gasteiger partial charge >= 0.3 is 0 Å². The van der Waals surface area contributed by atoms with E-state index in [9.17, 15) is 0 Å². The summed E-state index contributed by atoms with van der Waals surface area (Å²) in [4.78, 5) is 8.69. The molecule has 0 saturated carbocycles. The Hall–Kier alpha value is -3.39. The van der Waals surface area contributed by atoms with Gasteiger partial charge in [0.1, 0.15) is 0 Å². The van der Waals surface area contributed by atoms with Gasteiger partial charge in [0, 0.05) is 36.6 Å². The van der Waals surface area contributed by atoms with Crippen LogP contribution in [0.1, 0.15) is 20.8 Å². The zero-order chi connectivity index (χ0) is 25.5. The Morgan fingerprint density at radius 3 is 1.74 bits per heavy atom. The largest absolute Gasteiger partial charge is 0.304 e. The molecule has 5 rings (SSSR count). The van der Waals surface area contributed by atoms with Crippen LogP contribution < -0.4 is 0 Å². The van der Waals surface area contributed by atoms with E-state index in [1.54, 1.807) is 13.0 Å². The summed E-state index contributed by atoms with van der Waals surface area (Å²) in [5.41, 5.74) is 8.27. The summed E-state index contributed by atoms with van der Waals surface area (Å²) in [5, 5.41) is 0. The molecule has 0 fully saturated rings. The van der Waals surface area contributed by atoms with Gasteiger partial charge in [0.05, 0.1) is 0 Å². The molecule has 0 saturated heterocycles. The molecule has 0 aliphatic heterocycles. The molecule has 2 nitrogen and oxygen atoms in total. The van der Waals surface area contributed by atoms with Crippen LogP contribution in [0.5, 0.6) is 0 Å². The Balaban J connectivity index is 0.000000201. The van der Waals surface area contributed by atoms with Crippen molar-refractivity contribution in [2.24, 2.45) is 0 Å². The fraction of sp³-hybridized carbons (Fsp3) is 0.0968. The summed E-state index contributed by atoms with van der Waals surface area (Å²) < 4.78 is 22.1. The van der Waals surface area contributed by atoms with Crippen molar-refractivity contribution in [3.05, 3.63) is 132 Å². The van der Waals surface area contributed by atoms with Crippen LogP contribution in [0.25, 0.3) is 33.6 Å². The summed E-state index contributed by atoms with van der Waals surface area (Å²) in [5.74, 6) is 0. The first-order valence-electron chi connectivity index (χ1n) is 12.3. The van der Waals surface area contributed by atoms with Gasteiger partial charge in [-0.2, -0.15) is 0 Å². The molecule has 34 heavy (non-hydrogen) atoms. The molecule has 3 aromatic carbocycles. The molecule has 0 spiro atoms. The van der Waals surface area contributed by atoms with E-state index < -0.39 is 6.85 Å². The molecule has 0 bridgehead atoms. The number of pyridine rings is 2. The van der Waals surface area contributed by atoms with Crippen LogP contribution in [0, 0.1) is 32.8 Å². The summed E-state index contributed by atoms with van der Waals surface area (Å²) in [6.45, 7) is 1.78. The molecule has 0 unspecified atom stereocenters. The summed E-state index contributed by atoms with van der Waals surface area (Å²) in [6, 6.07) is 36.0. The first-order valence-corrected chi connectivity index (χ1v) is 10.8. The standard InChI is InChI=1S/C18H14N.C13H12N.Ir/c1-14-13-19-18(16-10-6-3-7-11-16)12-17(14)15-8-4-2-5-9-15;1-10-8-13(14-9-11(10)2)12-6-4-3-5-7-12;/h2-10,12-13H,1H3;3-6,8-9H,1-2H3;/q2*-1;/i;2D3;. The van der Waals surface area contributed by atoms with Crippen LogP contribution in [-0.4, -0.2) is 9.97 Å². The Labute approximate surface area is 220 Å². The maximum absolute atomic E-state index is 7.37. The van der Waals surface area contributed by atoms with Gasteiger partial charge in [0.25, 0.3) is 0 Å². The summed E-state index contributed by atoms with van der Waals surface area (Å²) in [7, 11) is 0. The van der Waals surface area contributed by atoms with Gasteiger partial charge in [-0.1, -0.05) is 48.0 Å². The first-order chi connectivity index (χ1) is 17.3. The van der Waals surface area contributed by atoms with Crippen LogP contribution in [0.15, 0.2) is 103 Å². The van der Waals surface area contributed by atoms with Crippen LogP contribution >= 0.6 is 0 Å². The third-order valence-electron chi connectivity index (χ3n) is 5.27. The van der Waals surface area contributed by atoms with Crippen molar-refractivity contribution in [1.82, 2.24) is 9.97 Å². The molecule has 171 valence electrons. The normalized spacial score (nSPS) is 11.6. The topological polar surface area (TPSA) is 25.8 Å². The van der Waals surface area contributed by atoms with Gasteiger partial charge in [-0.3, -0.25) is 0 Å². The molecule has 1 radical (unpaired) electrons. The van der Waals surface area contributed by atoms with E-state index in [4.69, 9.17) is 4.11 Å². The third-order valence-corrected chi connectivity index (χ3v) is 5.27. The van der Waals surface area contributed by atoms with Crippen molar-refractivity contribution < 1.29 is 24.2 Å². The molecule has 2 aromatic heterocycles. The fourth-order valence-corrected chi connectivity index (χ4v) is 3.41. The van der Waals surface area contributed by atoms with Crippen LogP contribution in [0.2, 0.25) is 0 Å². The van der Waals surface area contributed by atoms with E-state index >= 15 is 0 Å². The second-order valence-corrected chi connectivity index (χ2v) is 7.69. The molecular formula is C31H26IrN2-2. The zero-order valence-electron chi connectivity index (χ0n) is 22.0. The van der Waals surface area contributed by atoms with Gasteiger partial charge < -0.3 is 9.97 Å². The Kier molecular flexibility index (Phi) is 7.58. The van der Waals surface area contributed by atoms with Crippen LogP contribution in [0.3, 0.4) is 0 Å². The van der Waals surface area contributed by atoms with E-state index in [-0.39, 0.29) is 20.1 Å². The van der Waals surface area contributed by atoms with Gasteiger partial charge in [0.15, 0.2) is 0 Å². The molecular weight excluding hydrogens is 593 g/mol. The number of benzene rings is 3. The minimum atomic E-state index is -2.10. The van der Waals surface area contributed by atoms with Crippen molar-refractivity contribution in [2.45, 2.75) is 20.7 Å². The van der Waals surface area contributed by atoms with E-state index in [2.05, 4.69) is 59.4 Å². The Bertz CT molecular complexity index is 1420. The smallest absolute Gasteiger partial charge is 0.0280 e. The van der Waals surface area contributed by atoms with E-state index in [0.29, 0.717) is 5.56 Å². The first kappa shape index (κ1) is 21.2. The van der Waals surface area contributed by atoms with Crippen molar-refractivity contribution in [3.63, 3.8) is 0 Å². The zero-order valence-corrected chi connectivity index (χ0v) is 21.4. The number of hydrogen-bond acceptors (Lipinski definition) is 2. The Morgan fingerprint density at radius 1 is 0.647 bits per heavy atom. The van der Waals surface area contributed by atoms with Gasteiger partial charge in [-0.05, 0) is 54.3 Å². The van der Waals surface area contributed by atoms with Crippen LogP contribution in [-0.2, 0) is 20.1 Å². The van der Waals surface area contributed by atoms with E-state index in [1.807, 2.05) is 60.8 Å².